The molecule has 34 heavy (non-hydrogen) atoms. The minimum absolute atomic E-state index is 0.00645. The van der Waals surface area contributed by atoms with Gasteiger partial charge in [-0.2, -0.15) is 0 Å². The summed E-state index contributed by atoms with van der Waals surface area (Å²) in [7, 11) is 1.54. The zero-order valence-corrected chi connectivity index (χ0v) is 19.8. The Morgan fingerprint density at radius 2 is 1.68 bits per heavy atom. The maximum atomic E-state index is 12.8. The molecule has 0 radical (unpaired) electrons. The lowest BCUT2D eigenvalue weighted by molar-refractivity contribution is -0.150. The molecule has 1 saturated carbocycles. The molecule has 4 rings (SSSR count). The molecule has 2 N–H and O–H groups in total. The number of likely N-dealkylation sites (N-methyl/N-ethyl adjacent to an activating group) is 1. The Bertz CT molecular complexity index is 1030. The molecule has 1 fully saturated rings. The summed E-state index contributed by atoms with van der Waals surface area (Å²) < 4.78 is 5.62. The first kappa shape index (κ1) is 23.8. The first-order valence-electron chi connectivity index (χ1n) is 11.9. The van der Waals surface area contributed by atoms with Crippen molar-refractivity contribution in [1.29, 1.82) is 0 Å². The molecule has 180 valence electrons. The molecule has 2 aliphatic carbocycles. The van der Waals surface area contributed by atoms with Crippen LogP contribution in [0.4, 0.5) is 4.79 Å². The largest absolute Gasteiger partial charge is 0.480 e. The van der Waals surface area contributed by atoms with E-state index in [0.29, 0.717) is 13.0 Å². The minimum atomic E-state index is -1.00. The molecule has 0 saturated heterocycles. The topological polar surface area (TPSA) is 95.9 Å². The number of amides is 2. The molecular formula is C27H32N2O5. The van der Waals surface area contributed by atoms with Crippen LogP contribution in [0.15, 0.2) is 48.5 Å². The van der Waals surface area contributed by atoms with Gasteiger partial charge in [0.05, 0.1) is 0 Å². The van der Waals surface area contributed by atoms with E-state index in [2.05, 4.69) is 29.6 Å². The van der Waals surface area contributed by atoms with Crippen LogP contribution in [-0.4, -0.2) is 54.2 Å². The average molecular weight is 465 g/mol. The Hall–Kier alpha value is -3.35. The van der Waals surface area contributed by atoms with Crippen molar-refractivity contribution in [3.63, 3.8) is 0 Å². The zero-order valence-electron chi connectivity index (χ0n) is 19.8. The lowest BCUT2D eigenvalue weighted by Gasteiger charge is -2.42. The molecule has 1 atom stereocenters. The van der Waals surface area contributed by atoms with Gasteiger partial charge < -0.3 is 20.1 Å². The smallest absolute Gasteiger partial charge is 0.407 e. The van der Waals surface area contributed by atoms with E-state index in [1.54, 1.807) is 6.92 Å². The van der Waals surface area contributed by atoms with Gasteiger partial charge in [0.25, 0.3) is 0 Å². The predicted octanol–water partition coefficient (Wildman–Crippen LogP) is 4.41. The van der Waals surface area contributed by atoms with Crippen LogP contribution in [0.5, 0.6) is 0 Å². The summed E-state index contributed by atoms with van der Waals surface area (Å²) in [6, 6.07) is 15.5. The van der Waals surface area contributed by atoms with E-state index in [9.17, 15) is 19.5 Å². The van der Waals surface area contributed by atoms with Gasteiger partial charge in [0.2, 0.25) is 5.91 Å². The van der Waals surface area contributed by atoms with Crippen LogP contribution in [0, 0.1) is 5.41 Å². The minimum Gasteiger partial charge on any atom is -0.480 e. The fourth-order valence-electron chi connectivity index (χ4n) is 5.24. The quantitative estimate of drug-likeness (QED) is 0.573. The second kappa shape index (κ2) is 9.87. The Morgan fingerprint density at radius 3 is 2.18 bits per heavy atom. The van der Waals surface area contributed by atoms with Crippen LogP contribution < -0.4 is 5.32 Å². The Labute approximate surface area is 200 Å². The summed E-state index contributed by atoms with van der Waals surface area (Å²) in [6.45, 7) is 2.33. The Morgan fingerprint density at radius 1 is 1.09 bits per heavy atom. The van der Waals surface area contributed by atoms with Gasteiger partial charge in [-0.25, -0.2) is 9.59 Å². The first-order chi connectivity index (χ1) is 16.3. The molecule has 7 heteroatoms. The second-order valence-corrected chi connectivity index (χ2v) is 9.48. The number of carboxylic acid groups (broad SMARTS) is 1. The van der Waals surface area contributed by atoms with Gasteiger partial charge in [0.1, 0.15) is 12.6 Å². The molecule has 0 aromatic heterocycles. The second-order valence-electron chi connectivity index (χ2n) is 9.48. The number of carbonyl (C=O) groups excluding carboxylic acids is 2. The van der Waals surface area contributed by atoms with Crippen LogP contribution in [0.1, 0.15) is 56.1 Å². The number of rotatable bonds is 9. The SMILES string of the molecule is CCC(C(=O)O)N(C)C(=O)CC1(CNC(=O)OCC2c3ccccc3-c3ccccc32)CCC1. The van der Waals surface area contributed by atoms with E-state index in [-0.39, 0.29) is 30.3 Å². The summed E-state index contributed by atoms with van der Waals surface area (Å²) in [5, 5.41) is 12.2. The lowest BCUT2D eigenvalue weighted by atomic mass is 9.66. The lowest BCUT2D eigenvalue weighted by Crippen LogP contribution is -2.48. The van der Waals surface area contributed by atoms with E-state index in [0.717, 1.165) is 30.4 Å². The summed E-state index contributed by atoms with van der Waals surface area (Å²) in [5.74, 6) is -1.21. The van der Waals surface area contributed by atoms with Gasteiger partial charge in [-0.05, 0) is 46.9 Å². The van der Waals surface area contributed by atoms with Crippen LogP contribution in [0.3, 0.4) is 0 Å². The van der Waals surface area contributed by atoms with Gasteiger partial charge in [-0.1, -0.05) is 61.9 Å². The van der Waals surface area contributed by atoms with Gasteiger partial charge in [0, 0.05) is 25.9 Å². The molecule has 0 bridgehead atoms. The van der Waals surface area contributed by atoms with Crippen molar-refractivity contribution in [2.45, 2.75) is 51.0 Å². The number of nitrogens with zero attached hydrogens (tertiary/aromatic N) is 1. The maximum absolute atomic E-state index is 12.8. The van der Waals surface area contributed by atoms with E-state index >= 15 is 0 Å². The number of benzene rings is 2. The average Bonchev–Trinajstić information content (AvgIpc) is 3.13. The van der Waals surface area contributed by atoms with E-state index in [4.69, 9.17) is 4.74 Å². The monoisotopic (exact) mass is 464 g/mol. The number of hydrogen-bond donors (Lipinski definition) is 2. The van der Waals surface area contributed by atoms with Crippen molar-refractivity contribution >= 4 is 18.0 Å². The van der Waals surface area contributed by atoms with E-state index in [1.165, 1.54) is 23.1 Å². The molecule has 7 nitrogen and oxygen atoms in total. The standard InChI is InChI=1S/C27H32N2O5/c1-3-23(25(31)32)29(2)24(30)15-27(13-8-14-27)17-28-26(33)34-16-22-20-11-6-4-9-18(20)19-10-5-7-12-21(19)22/h4-7,9-12,22-23H,3,8,13-17H2,1-2H3,(H,28,33)(H,31,32). The van der Waals surface area contributed by atoms with Crippen molar-refractivity contribution in [1.82, 2.24) is 10.2 Å². The molecule has 0 heterocycles. The molecule has 1 unspecified atom stereocenters. The molecule has 2 aliphatic rings. The normalized spacial score (nSPS) is 16.5. The van der Waals surface area contributed by atoms with Crippen molar-refractivity contribution in [3.05, 3.63) is 59.7 Å². The summed E-state index contributed by atoms with van der Waals surface area (Å²) in [4.78, 5) is 38.0. The molecular weight excluding hydrogens is 432 g/mol. The number of carbonyl (C=O) groups is 3. The van der Waals surface area contributed by atoms with Crippen LogP contribution >= 0.6 is 0 Å². The summed E-state index contributed by atoms with van der Waals surface area (Å²) in [6.07, 6.45) is 2.70. The number of aliphatic carboxylic acids is 1. The van der Waals surface area contributed by atoms with Gasteiger partial charge in [-0.15, -0.1) is 0 Å². The highest BCUT2D eigenvalue weighted by atomic mass is 16.5. The van der Waals surface area contributed by atoms with Gasteiger partial charge in [0.15, 0.2) is 0 Å². The molecule has 2 amide bonds. The van der Waals surface area contributed by atoms with Crippen molar-refractivity contribution < 1.29 is 24.2 Å². The third-order valence-corrected chi connectivity index (χ3v) is 7.42. The first-order valence-corrected chi connectivity index (χ1v) is 11.9. The van der Waals surface area contributed by atoms with E-state index in [1.807, 2.05) is 24.3 Å². The summed E-state index contributed by atoms with van der Waals surface area (Å²) >= 11 is 0. The third kappa shape index (κ3) is 4.65. The predicted molar refractivity (Wildman–Crippen MR) is 128 cm³/mol. The highest BCUT2D eigenvalue weighted by Crippen LogP contribution is 2.45. The van der Waals surface area contributed by atoms with Crippen molar-refractivity contribution in [2.75, 3.05) is 20.2 Å². The molecule has 0 spiro atoms. The fourth-order valence-corrected chi connectivity index (χ4v) is 5.24. The summed E-state index contributed by atoms with van der Waals surface area (Å²) in [5.41, 5.74) is 4.33. The zero-order chi connectivity index (χ0) is 24.3. The van der Waals surface area contributed by atoms with Crippen molar-refractivity contribution in [3.8, 4) is 11.1 Å². The van der Waals surface area contributed by atoms with Crippen LogP contribution in [0.25, 0.3) is 11.1 Å². The van der Waals surface area contributed by atoms with Crippen LogP contribution in [0.2, 0.25) is 0 Å². The van der Waals surface area contributed by atoms with E-state index < -0.39 is 18.1 Å². The van der Waals surface area contributed by atoms with Gasteiger partial charge >= 0.3 is 12.1 Å². The van der Waals surface area contributed by atoms with Crippen LogP contribution in [-0.2, 0) is 14.3 Å². The van der Waals surface area contributed by atoms with Crippen molar-refractivity contribution in [2.24, 2.45) is 5.41 Å². The van der Waals surface area contributed by atoms with Gasteiger partial charge in [-0.3, -0.25) is 4.79 Å². The number of ether oxygens (including phenoxy) is 1. The fraction of sp³-hybridized carbons (Fsp3) is 0.444. The molecule has 2 aromatic rings. The number of hydrogen-bond acceptors (Lipinski definition) is 4. The molecule has 0 aliphatic heterocycles. The number of nitrogens with one attached hydrogen (secondary N) is 1. The Balaban J connectivity index is 1.33. The third-order valence-electron chi connectivity index (χ3n) is 7.42. The number of fused-ring (bicyclic) bond motifs is 3. The highest BCUT2D eigenvalue weighted by molar-refractivity contribution is 5.84. The highest BCUT2D eigenvalue weighted by Gasteiger charge is 2.41. The maximum Gasteiger partial charge on any atom is 0.407 e. The Kier molecular flexibility index (Phi) is 6.91. The number of alkyl carbamates (subject to hydrolysis) is 1. The molecule has 2 aromatic carbocycles. The number of carboxylic acids is 1.